The third kappa shape index (κ3) is 2.63. The second kappa shape index (κ2) is 5.27. The molecular formula is C12H14N2O2S. The van der Waals surface area contributed by atoms with Gasteiger partial charge in [0.15, 0.2) is 0 Å². The zero-order chi connectivity index (χ0) is 12.3. The highest BCUT2D eigenvalue weighted by Crippen LogP contribution is 2.26. The second-order valence-electron chi connectivity index (χ2n) is 3.59. The zero-order valence-electron chi connectivity index (χ0n) is 9.46. The summed E-state index contributed by atoms with van der Waals surface area (Å²) in [5, 5.41) is 11.6. The lowest BCUT2D eigenvalue weighted by Crippen LogP contribution is -2.13. The van der Waals surface area contributed by atoms with Crippen molar-refractivity contribution in [2.75, 3.05) is 13.7 Å². The van der Waals surface area contributed by atoms with Gasteiger partial charge in [0.05, 0.1) is 25.5 Å². The van der Waals surface area contributed by atoms with Gasteiger partial charge >= 0.3 is 0 Å². The minimum Gasteiger partial charge on any atom is -0.497 e. The number of aliphatic hydroxyl groups excluding tert-OH is 1. The minimum atomic E-state index is -0.403. The average Bonchev–Trinajstić information content (AvgIpc) is 2.87. The molecule has 3 N–H and O–H groups in total. The fourth-order valence-electron chi connectivity index (χ4n) is 1.45. The molecule has 1 aromatic carbocycles. The van der Waals surface area contributed by atoms with Gasteiger partial charge in [-0.25, -0.2) is 4.98 Å². The van der Waals surface area contributed by atoms with Gasteiger partial charge in [0.1, 0.15) is 10.8 Å². The van der Waals surface area contributed by atoms with E-state index < -0.39 is 6.04 Å². The molecule has 1 aromatic heterocycles. The van der Waals surface area contributed by atoms with Gasteiger partial charge in [0.25, 0.3) is 0 Å². The molecule has 17 heavy (non-hydrogen) atoms. The van der Waals surface area contributed by atoms with Crippen molar-refractivity contribution in [3.8, 4) is 17.0 Å². The molecule has 1 atom stereocenters. The molecule has 90 valence electrons. The summed E-state index contributed by atoms with van der Waals surface area (Å²) < 4.78 is 5.16. The number of aromatic nitrogens is 1. The Labute approximate surface area is 104 Å². The largest absolute Gasteiger partial charge is 0.497 e. The van der Waals surface area contributed by atoms with E-state index in [2.05, 4.69) is 4.98 Å². The number of nitrogens with zero attached hydrogens (tertiary/aromatic N) is 1. The quantitative estimate of drug-likeness (QED) is 0.868. The summed E-state index contributed by atoms with van der Waals surface area (Å²) in [4.78, 5) is 4.40. The number of hydrogen-bond acceptors (Lipinski definition) is 5. The minimum absolute atomic E-state index is 0.0922. The van der Waals surface area contributed by atoms with Gasteiger partial charge in [0.2, 0.25) is 0 Å². The maximum Gasteiger partial charge on any atom is 0.119 e. The number of ether oxygens (including phenoxy) is 1. The molecule has 0 bridgehead atoms. The lowest BCUT2D eigenvalue weighted by atomic mass is 10.1. The number of hydrogen-bond donors (Lipinski definition) is 2. The smallest absolute Gasteiger partial charge is 0.119 e. The summed E-state index contributed by atoms with van der Waals surface area (Å²) in [6.45, 7) is -0.0922. The van der Waals surface area contributed by atoms with E-state index in [9.17, 15) is 0 Å². The number of methoxy groups -OCH3 is 1. The molecule has 2 aromatic rings. The maximum atomic E-state index is 8.97. The van der Waals surface area contributed by atoms with E-state index in [-0.39, 0.29) is 6.61 Å². The van der Waals surface area contributed by atoms with Crippen LogP contribution in [-0.2, 0) is 0 Å². The predicted octanol–water partition coefficient (Wildman–Crippen LogP) is 1.81. The Morgan fingerprint density at radius 1 is 1.53 bits per heavy atom. The molecule has 4 nitrogen and oxygen atoms in total. The molecule has 0 fully saturated rings. The molecule has 0 spiro atoms. The van der Waals surface area contributed by atoms with Gasteiger partial charge in [0, 0.05) is 10.9 Å². The van der Waals surface area contributed by atoms with Gasteiger partial charge in [-0.2, -0.15) is 0 Å². The lowest BCUT2D eigenvalue weighted by Gasteiger charge is -2.03. The van der Waals surface area contributed by atoms with Crippen molar-refractivity contribution in [1.29, 1.82) is 0 Å². The average molecular weight is 250 g/mol. The third-order valence-corrected chi connectivity index (χ3v) is 3.38. The van der Waals surface area contributed by atoms with Gasteiger partial charge in [-0.1, -0.05) is 12.1 Å². The summed E-state index contributed by atoms with van der Waals surface area (Å²) >= 11 is 1.45. The first-order chi connectivity index (χ1) is 8.24. The Morgan fingerprint density at radius 2 is 2.35 bits per heavy atom. The van der Waals surface area contributed by atoms with Gasteiger partial charge in [-0.15, -0.1) is 11.3 Å². The Bertz CT molecular complexity index is 499. The molecule has 0 aliphatic heterocycles. The first-order valence-corrected chi connectivity index (χ1v) is 6.09. The van der Waals surface area contributed by atoms with Crippen LogP contribution in [-0.4, -0.2) is 23.8 Å². The van der Waals surface area contributed by atoms with Crippen LogP contribution in [0.5, 0.6) is 5.75 Å². The fourth-order valence-corrected chi connectivity index (χ4v) is 2.27. The van der Waals surface area contributed by atoms with Gasteiger partial charge in [-0.05, 0) is 12.1 Å². The highest BCUT2D eigenvalue weighted by Gasteiger charge is 2.11. The SMILES string of the molecule is COc1cccc(-c2csc(C(N)CO)n2)c1. The molecule has 0 aliphatic rings. The fraction of sp³-hybridized carbons (Fsp3) is 0.250. The van der Waals surface area contributed by atoms with Crippen LogP contribution in [0.1, 0.15) is 11.0 Å². The molecular weight excluding hydrogens is 236 g/mol. The standard InChI is InChI=1S/C12H14N2O2S/c1-16-9-4-2-3-8(5-9)11-7-17-12(14-11)10(13)6-15/h2-5,7,10,15H,6,13H2,1H3. The van der Waals surface area contributed by atoms with Gasteiger partial charge < -0.3 is 15.6 Å². The van der Waals surface area contributed by atoms with Crippen LogP contribution in [0.3, 0.4) is 0 Å². The molecule has 5 heteroatoms. The van der Waals surface area contributed by atoms with Crippen LogP contribution < -0.4 is 10.5 Å². The maximum absolute atomic E-state index is 8.97. The number of nitrogens with two attached hydrogens (primary N) is 1. The van der Waals surface area contributed by atoms with E-state index in [4.69, 9.17) is 15.6 Å². The lowest BCUT2D eigenvalue weighted by molar-refractivity contribution is 0.268. The Kier molecular flexibility index (Phi) is 3.73. The molecule has 1 unspecified atom stereocenters. The van der Waals surface area contributed by atoms with Crippen LogP contribution in [0.4, 0.5) is 0 Å². The van der Waals surface area contributed by atoms with E-state index in [0.29, 0.717) is 0 Å². The molecule has 0 amide bonds. The molecule has 0 saturated heterocycles. The van der Waals surface area contributed by atoms with Gasteiger partial charge in [-0.3, -0.25) is 0 Å². The van der Waals surface area contributed by atoms with Crippen LogP contribution in [0.2, 0.25) is 0 Å². The first kappa shape index (κ1) is 12.0. The van der Waals surface area contributed by atoms with Crippen molar-refractivity contribution in [3.05, 3.63) is 34.7 Å². The summed E-state index contributed by atoms with van der Waals surface area (Å²) in [6.07, 6.45) is 0. The normalized spacial score (nSPS) is 12.4. The van der Waals surface area contributed by atoms with Crippen LogP contribution in [0.15, 0.2) is 29.6 Å². The number of rotatable bonds is 4. The van der Waals surface area contributed by atoms with E-state index in [1.165, 1.54) is 11.3 Å². The molecule has 2 rings (SSSR count). The van der Waals surface area contributed by atoms with E-state index in [0.717, 1.165) is 22.0 Å². The predicted molar refractivity (Wildman–Crippen MR) is 68.1 cm³/mol. The first-order valence-electron chi connectivity index (χ1n) is 5.21. The van der Waals surface area contributed by atoms with Crippen molar-refractivity contribution in [1.82, 2.24) is 4.98 Å². The monoisotopic (exact) mass is 250 g/mol. The summed E-state index contributed by atoms with van der Waals surface area (Å²) in [7, 11) is 1.63. The van der Waals surface area contributed by atoms with E-state index in [1.54, 1.807) is 7.11 Å². The van der Waals surface area contributed by atoms with Crippen LogP contribution in [0, 0.1) is 0 Å². The highest BCUT2D eigenvalue weighted by molar-refractivity contribution is 7.10. The Morgan fingerprint density at radius 3 is 3.06 bits per heavy atom. The Hall–Kier alpha value is -1.43. The summed E-state index contributed by atoms with van der Waals surface area (Å²) in [6, 6.07) is 7.28. The summed E-state index contributed by atoms with van der Waals surface area (Å²) in [5.41, 5.74) is 7.55. The molecule has 0 aliphatic carbocycles. The van der Waals surface area contributed by atoms with Crippen molar-refractivity contribution in [2.45, 2.75) is 6.04 Å². The zero-order valence-corrected chi connectivity index (χ0v) is 10.3. The van der Waals surface area contributed by atoms with Crippen molar-refractivity contribution in [2.24, 2.45) is 5.73 Å². The third-order valence-electron chi connectivity index (χ3n) is 2.40. The second-order valence-corrected chi connectivity index (χ2v) is 4.48. The van der Waals surface area contributed by atoms with E-state index in [1.807, 2.05) is 29.6 Å². The topological polar surface area (TPSA) is 68.4 Å². The van der Waals surface area contributed by atoms with Crippen LogP contribution >= 0.6 is 11.3 Å². The van der Waals surface area contributed by atoms with Crippen molar-refractivity contribution in [3.63, 3.8) is 0 Å². The number of benzene rings is 1. The van der Waals surface area contributed by atoms with Crippen molar-refractivity contribution < 1.29 is 9.84 Å². The molecule has 1 heterocycles. The van der Waals surface area contributed by atoms with Crippen LogP contribution in [0.25, 0.3) is 11.3 Å². The number of thiazole rings is 1. The highest BCUT2D eigenvalue weighted by atomic mass is 32.1. The molecule has 0 saturated carbocycles. The Balaban J connectivity index is 2.30. The molecule has 0 radical (unpaired) electrons. The van der Waals surface area contributed by atoms with Crippen molar-refractivity contribution >= 4 is 11.3 Å². The summed E-state index contributed by atoms with van der Waals surface area (Å²) in [5.74, 6) is 0.795. The van der Waals surface area contributed by atoms with E-state index >= 15 is 0 Å². The number of aliphatic hydroxyl groups is 1.